The molecule has 0 radical (unpaired) electrons. The number of nitrogens with one attached hydrogen (secondary N) is 1. The molecular weight excluding hydrogens is 176 g/mol. The summed E-state index contributed by atoms with van der Waals surface area (Å²) < 4.78 is 0. The third kappa shape index (κ3) is 3.39. The van der Waals surface area contributed by atoms with Gasteiger partial charge in [-0.15, -0.1) is 0 Å². The lowest BCUT2D eigenvalue weighted by Crippen LogP contribution is -2.25. The molecule has 1 amide bonds. The van der Waals surface area contributed by atoms with E-state index >= 15 is 0 Å². The number of aromatic nitrogens is 1. The number of carbonyl (C=O) groups is 1. The number of amides is 1. The normalized spacial score (nSPS) is 9.50. The lowest BCUT2D eigenvalue weighted by molar-refractivity contribution is -0.117. The van der Waals surface area contributed by atoms with Gasteiger partial charge in [0.05, 0.1) is 0 Å². The Morgan fingerprint density at radius 3 is 3.00 bits per heavy atom. The van der Waals surface area contributed by atoms with Gasteiger partial charge < -0.3 is 5.32 Å². The number of hydrogen-bond donors (Lipinski definition) is 1. The molecule has 1 aromatic rings. The summed E-state index contributed by atoms with van der Waals surface area (Å²) in [5.74, 6) is -0.0890. The van der Waals surface area contributed by atoms with E-state index in [1.807, 2.05) is 12.1 Å². The van der Waals surface area contributed by atoms with Crippen LogP contribution >= 0.6 is 0 Å². The molecule has 0 aromatic carbocycles. The van der Waals surface area contributed by atoms with E-state index in [9.17, 15) is 4.79 Å². The van der Waals surface area contributed by atoms with Crippen LogP contribution in [0.15, 0.2) is 36.7 Å². The van der Waals surface area contributed by atoms with E-state index in [1.54, 1.807) is 19.3 Å². The standard InChI is InChI=1S/C11H14N2O/c1-9(2)11(14)13-7-5-10-4-3-6-12-8-10/h3-4,6,8H,1,5,7H2,2H3,(H,13,14). The first-order valence-electron chi connectivity index (χ1n) is 4.53. The first-order valence-corrected chi connectivity index (χ1v) is 4.53. The summed E-state index contributed by atoms with van der Waals surface area (Å²) in [5.41, 5.74) is 1.66. The molecule has 0 saturated heterocycles. The van der Waals surface area contributed by atoms with Gasteiger partial charge in [0.25, 0.3) is 0 Å². The second-order valence-electron chi connectivity index (χ2n) is 3.15. The summed E-state index contributed by atoms with van der Waals surface area (Å²) >= 11 is 0. The van der Waals surface area contributed by atoms with Crippen molar-refractivity contribution in [2.45, 2.75) is 13.3 Å². The molecule has 0 unspecified atom stereocenters. The maximum atomic E-state index is 11.1. The molecule has 1 rings (SSSR count). The smallest absolute Gasteiger partial charge is 0.246 e. The van der Waals surface area contributed by atoms with Crippen LogP contribution in [0.2, 0.25) is 0 Å². The lowest BCUT2D eigenvalue weighted by atomic mass is 10.2. The Morgan fingerprint density at radius 2 is 2.43 bits per heavy atom. The van der Waals surface area contributed by atoms with Crippen LogP contribution in [0, 0.1) is 0 Å². The molecule has 14 heavy (non-hydrogen) atoms. The second kappa shape index (κ2) is 5.17. The molecule has 1 heterocycles. The van der Waals surface area contributed by atoms with E-state index in [4.69, 9.17) is 0 Å². The van der Waals surface area contributed by atoms with Crippen molar-refractivity contribution >= 4 is 5.91 Å². The maximum absolute atomic E-state index is 11.1. The molecular formula is C11H14N2O. The van der Waals surface area contributed by atoms with E-state index in [-0.39, 0.29) is 5.91 Å². The van der Waals surface area contributed by atoms with Gasteiger partial charge in [0.1, 0.15) is 0 Å². The van der Waals surface area contributed by atoms with Gasteiger partial charge in [0.15, 0.2) is 0 Å². The first kappa shape index (κ1) is 10.4. The van der Waals surface area contributed by atoms with E-state index in [0.717, 1.165) is 12.0 Å². The fourth-order valence-electron chi connectivity index (χ4n) is 1.02. The fourth-order valence-corrected chi connectivity index (χ4v) is 1.02. The van der Waals surface area contributed by atoms with E-state index in [0.29, 0.717) is 12.1 Å². The van der Waals surface area contributed by atoms with Gasteiger partial charge in [-0.1, -0.05) is 12.6 Å². The van der Waals surface area contributed by atoms with Crippen LogP contribution < -0.4 is 5.32 Å². The van der Waals surface area contributed by atoms with Gasteiger partial charge in [0.2, 0.25) is 5.91 Å². The van der Waals surface area contributed by atoms with Crippen molar-refractivity contribution in [2.75, 3.05) is 6.54 Å². The summed E-state index contributed by atoms with van der Waals surface area (Å²) in [6.07, 6.45) is 4.33. The largest absolute Gasteiger partial charge is 0.352 e. The highest BCUT2D eigenvalue weighted by atomic mass is 16.1. The minimum atomic E-state index is -0.0890. The van der Waals surface area contributed by atoms with Crippen molar-refractivity contribution in [3.05, 3.63) is 42.2 Å². The Bertz CT molecular complexity index is 319. The van der Waals surface area contributed by atoms with Gasteiger partial charge in [-0.05, 0) is 25.0 Å². The van der Waals surface area contributed by atoms with Crippen LogP contribution in [0.4, 0.5) is 0 Å². The van der Waals surface area contributed by atoms with Crippen molar-refractivity contribution in [1.82, 2.24) is 10.3 Å². The lowest BCUT2D eigenvalue weighted by Gasteiger charge is -2.03. The zero-order valence-corrected chi connectivity index (χ0v) is 8.29. The van der Waals surface area contributed by atoms with Crippen molar-refractivity contribution in [3.8, 4) is 0 Å². The molecule has 0 aliphatic carbocycles. The van der Waals surface area contributed by atoms with Crippen LogP contribution in [0.3, 0.4) is 0 Å². The molecule has 0 atom stereocenters. The van der Waals surface area contributed by atoms with Gasteiger partial charge in [-0.25, -0.2) is 0 Å². The third-order valence-electron chi connectivity index (χ3n) is 1.81. The highest BCUT2D eigenvalue weighted by molar-refractivity contribution is 5.92. The quantitative estimate of drug-likeness (QED) is 0.727. The molecule has 0 aliphatic heterocycles. The Kier molecular flexibility index (Phi) is 3.85. The highest BCUT2D eigenvalue weighted by Gasteiger charge is 1.99. The number of nitrogens with zero attached hydrogens (tertiary/aromatic N) is 1. The number of hydrogen-bond acceptors (Lipinski definition) is 2. The molecule has 0 spiro atoms. The minimum absolute atomic E-state index is 0.0890. The predicted molar refractivity (Wildman–Crippen MR) is 55.8 cm³/mol. The Hall–Kier alpha value is -1.64. The number of rotatable bonds is 4. The predicted octanol–water partition coefficient (Wildman–Crippen LogP) is 1.32. The van der Waals surface area contributed by atoms with Gasteiger partial charge in [0, 0.05) is 24.5 Å². The summed E-state index contributed by atoms with van der Waals surface area (Å²) in [5, 5.41) is 2.76. The van der Waals surface area contributed by atoms with E-state index < -0.39 is 0 Å². The fraction of sp³-hybridized carbons (Fsp3) is 0.273. The molecule has 3 nitrogen and oxygen atoms in total. The molecule has 3 heteroatoms. The molecule has 74 valence electrons. The third-order valence-corrected chi connectivity index (χ3v) is 1.81. The summed E-state index contributed by atoms with van der Waals surface area (Å²) in [6, 6.07) is 3.87. The molecule has 0 fully saturated rings. The zero-order chi connectivity index (χ0) is 10.4. The van der Waals surface area contributed by atoms with Crippen molar-refractivity contribution in [1.29, 1.82) is 0 Å². The summed E-state index contributed by atoms with van der Waals surface area (Å²) in [4.78, 5) is 15.1. The van der Waals surface area contributed by atoms with Gasteiger partial charge in [-0.3, -0.25) is 9.78 Å². The molecule has 0 saturated carbocycles. The summed E-state index contributed by atoms with van der Waals surface area (Å²) in [6.45, 7) is 5.87. The maximum Gasteiger partial charge on any atom is 0.246 e. The first-order chi connectivity index (χ1) is 6.70. The Balaban J connectivity index is 2.29. The minimum Gasteiger partial charge on any atom is -0.352 e. The van der Waals surface area contributed by atoms with Crippen molar-refractivity contribution < 1.29 is 4.79 Å². The van der Waals surface area contributed by atoms with Crippen LogP contribution in [0.1, 0.15) is 12.5 Å². The Morgan fingerprint density at radius 1 is 1.64 bits per heavy atom. The second-order valence-corrected chi connectivity index (χ2v) is 3.15. The highest BCUT2D eigenvalue weighted by Crippen LogP contribution is 1.95. The Labute approximate surface area is 83.9 Å². The number of pyridine rings is 1. The molecule has 1 N–H and O–H groups in total. The van der Waals surface area contributed by atoms with Crippen LogP contribution in [0.5, 0.6) is 0 Å². The summed E-state index contributed by atoms with van der Waals surface area (Å²) in [7, 11) is 0. The molecule has 0 aliphatic rings. The average molecular weight is 190 g/mol. The molecule has 1 aromatic heterocycles. The average Bonchev–Trinajstić information content (AvgIpc) is 2.19. The van der Waals surface area contributed by atoms with Crippen LogP contribution in [-0.4, -0.2) is 17.4 Å². The SMILES string of the molecule is C=C(C)C(=O)NCCc1cccnc1. The topological polar surface area (TPSA) is 42.0 Å². The van der Waals surface area contributed by atoms with Gasteiger partial charge >= 0.3 is 0 Å². The van der Waals surface area contributed by atoms with Gasteiger partial charge in [-0.2, -0.15) is 0 Å². The molecule has 0 bridgehead atoms. The van der Waals surface area contributed by atoms with E-state index in [1.165, 1.54) is 0 Å². The zero-order valence-electron chi connectivity index (χ0n) is 8.29. The monoisotopic (exact) mass is 190 g/mol. The van der Waals surface area contributed by atoms with Crippen LogP contribution in [-0.2, 0) is 11.2 Å². The van der Waals surface area contributed by atoms with Crippen LogP contribution in [0.25, 0.3) is 0 Å². The van der Waals surface area contributed by atoms with Crippen molar-refractivity contribution in [3.63, 3.8) is 0 Å². The van der Waals surface area contributed by atoms with Crippen molar-refractivity contribution in [2.24, 2.45) is 0 Å². The number of carbonyl (C=O) groups excluding carboxylic acids is 1. The van der Waals surface area contributed by atoms with E-state index in [2.05, 4.69) is 16.9 Å².